The van der Waals surface area contributed by atoms with E-state index in [9.17, 15) is 28.8 Å². The summed E-state index contributed by atoms with van der Waals surface area (Å²) in [5.41, 5.74) is 2.57. The Balaban J connectivity index is 1.60. The molecule has 0 saturated carbocycles. The molecule has 3 aromatic rings. The molecule has 0 aliphatic carbocycles. The molecule has 2 aliphatic heterocycles. The van der Waals surface area contributed by atoms with Gasteiger partial charge in [-0.3, -0.25) is 24.0 Å². The SMILES string of the molecule is COC(=O)C1(OCC2OC(OC)C(OCc3ccccc3)C(OCc3ccccc3)C2OCc2ccccc2)CC(OC(C)=O)C(NC(C)=O)C([C@H](OC(C)=O)[C@@H](COC(C)=O)OC(C)=O)S1. The Morgan fingerprint density at radius 3 is 1.67 bits per heavy atom. The van der Waals surface area contributed by atoms with E-state index in [1.54, 1.807) is 0 Å². The maximum Gasteiger partial charge on any atom is 0.348 e. The summed E-state index contributed by atoms with van der Waals surface area (Å²) in [4.78, 5) is 75.3. The molecule has 1 amide bonds. The van der Waals surface area contributed by atoms with E-state index in [0.29, 0.717) is 0 Å². The van der Waals surface area contributed by atoms with Crippen LogP contribution in [-0.2, 0) is 101 Å². The van der Waals surface area contributed by atoms with Crippen molar-refractivity contribution in [2.45, 2.75) is 126 Å². The van der Waals surface area contributed by atoms with Gasteiger partial charge in [-0.25, -0.2) is 4.79 Å². The molecule has 11 atom stereocenters. The molecule has 9 unspecified atom stereocenters. The predicted octanol–water partition coefficient (Wildman–Crippen LogP) is 4.37. The summed E-state index contributed by atoms with van der Waals surface area (Å²) in [7, 11) is 2.58. The van der Waals surface area contributed by atoms with E-state index in [0.717, 1.165) is 63.3 Å². The maximum absolute atomic E-state index is 14.4. The van der Waals surface area contributed by atoms with E-state index in [1.807, 2.05) is 91.0 Å². The number of benzene rings is 3. The third-order valence-electron chi connectivity index (χ3n) is 10.7. The van der Waals surface area contributed by atoms with Crippen molar-refractivity contribution in [2.24, 2.45) is 0 Å². The molecule has 5 rings (SSSR count). The first-order chi connectivity index (χ1) is 32.1. The van der Waals surface area contributed by atoms with Crippen LogP contribution in [0.25, 0.3) is 0 Å². The van der Waals surface area contributed by atoms with Crippen molar-refractivity contribution in [1.29, 1.82) is 0 Å². The molecule has 2 heterocycles. The minimum Gasteiger partial charge on any atom is -0.466 e. The molecule has 67 heavy (non-hydrogen) atoms. The first-order valence-electron chi connectivity index (χ1n) is 21.6. The van der Waals surface area contributed by atoms with Crippen LogP contribution in [0.15, 0.2) is 91.0 Å². The van der Waals surface area contributed by atoms with Crippen LogP contribution in [0, 0.1) is 0 Å². The lowest BCUT2D eigenvalue weighted by Gasteiger charge is -2.49. The van der Waals surface area contributed by atoms with Crippen molar-refractivity contribution in [3.8, 4) is 0 Å². The van der Waals surface area contributed by atoms with Crippen LogP contribution in [0.3, 0.4) is 0 Å². The number of rotatable bonds is 22. The Kier molecular flexibility index (Phi) is 20.1. The summed E-state index contributed by atoms with van der Waals surface area (Å²) in [6.07, 6.45) is -9.75. The van der Waals surface area contributed by atoms with Crippen molar-refractivity contribution >= 4 is 47.5 Å². The van der Waals surface area contributed by atoms with Gasteiger partial charge in [0.1, 0.15) is 37.1 Å². The van der Waals surface area contributed by atoms with E-state index in [2.05, 4.69) is 5.32 Å². The third-order valence-corrected chi connectivity index (χ3v) is 12.3. The summed E-state index contributed by atoms with van der Waals surface area (Å²) in [6.45, 7) is 5.02. The van der Waals surface area contributed by atoms with E-state index >= 15 is 0 Å². The fraction of sp³-hybridized carbons (Fsp3) is 0.500. The van der Waals surface area contributed by atoms with Gasteiger partial charge in [0.05, 0.1) is 44.8 Å². The second kappa shape index (κ2) is 25.6. The molecule has 0 aromatic heterocycles. The maximum atomic E-state index is 14.4. The first-order valence-corrected chi connectivity index (χ1v) is 22.5. The predicted molar refractivity (Wildman–Crippen MR) is 238 cm³/mol. The van der Waals surface area contributed by atoms with Crippen molar-refractivity contribution in [3.63, 3.8) is 0 Å². The van der Waals surface area contributed by atoms with Crippen LogP contribution in [-0.4, -0.2) is 128 Å². The highest BCUT2D eigenvalue weighted by molar-refractivity contribution is 8.02. The molecule has 18 nitrogen and oxygen atoms in total. The van der Waals surface area contributed by atoms with Crippen LogP contribution < -0.4 is 5.32 Å². The Morgan fingerprint density at radius 2 is 1.21 bits per heavy atom. The van der Waals surface area contributed by atoms with Gasteiger partial charge in [0.15, 0.2) is 18.5 Å². The highest BCUT2D eigenvalue weighted by Gasteiger charge is 2.60. The first kappa shape index (κ1) is 52.6. The quantitative estimate of drug-likeness (QED) is 0.109. The van der Waals surface area contributed by atoms with Gasteiger partial charge in [-0.2, -0.15) is 0 Å². The van der Waals surface area contributed by atoms with E-state index in [-0.39, 0.29) is 19.8 Å². The fourth-order valence-electron chi connectivity index (χ4n) is 7.83. The molecule has 2 aliphatic rings. The number of hydrogen-bond donors (Lipinski definition) is 1. The summed E-state index contributed by atoms with van der Waals surface area (Å²) < 4.78 is 67.1. The number of amides is 1. The van der Waals surface area contributed by atoms with Gasteiger partial charge in [-0.05, 0) is 16.7 Å². The van der Waals surface area contributed by atoms with Gasteiger partial charge in [-0.15, -0.1) is 11.8 Å². The second-order valence-electron chi connectivity index (χ2n) is 15.8. The van der Waals surface area contributed by atoms with Crippen LogP contribution in [0.4, 0.5) is 0 Å². The Labute approximate surface area is 393 Å². The monoisotopic (exact) mass is 953 g/mol. The minimum atomic E-state index is -2.13. The van der Waals surface area contributed by atoms with E-state index in [1.165, 1.54) is 14.0 Å². The van der Waals surface area contributed by atoms with E-state index in [4.69, 9.17) is 52.1 Å². The molecule has 0 spiro atoms. The van der Waals surface area contributed by atoms with Crippen molar-refractivity contribution < 1.29 is 80.9 Å². The third kappa shape index (κ3) is 15.3. The second-order valence-corrected chi connectivity index (χ2v) is 17.2. The molecule has 1 N–H and O–H groups in total. The van der Waals surface area contributed by atoms with Gasteiger partial charge in [-0.1, -0.05) is 91.0 Å². The van der Waals surface area contributed by atoms with Gasteiger partial charge >= 0.3 is 29.8 Å². The van der Waals surface area contributed by atoms with Gasteiger partial charge in [0, 0.05) is 48.1 Å². The summed E-state index contributed by atoms with van der Waals surface area (Å²) >= 11 is 0.758. The highest BCUT2D eigenvalue weighted by atomic mass is 32.2. The lowest BCUT2D eigenvalue weighted by Crippen LogP contribution is -2.66. The zero-order valence-electron chi connectivity index (χ0n) is 38.5. The lowest BCUT2D eigenvalue weighted by molar-refractivity contribution is -0.324. The zero-order chi connectivity index (χ0) is 48.5. The summed E-state index contributed by atoms with van der Waals surface area (Å²) in [5.74, 6) is -4.79. The molecular formula is C48H59NO17S. The van der Waals surface area contributed by atoms with Crippen molar-refractivity contribution in [2.75, 3.05) is 27.4 Å². The molecule has 2 fully saturated rings. The standard InChI is InChI=1S/C48H59NO17S/c1-29(50)49-40-37(63-31(3)52)23-48(47(55)57-7,67-45(40)42(65-33(5)54)38(64-32(4)53)27-58-30(2)51)62-28-39-41(59-24-34-17-11-8-12-18-34)43(60-25-35-19-13-9-14-20-35)44(46(56-6)66-39)61-26-36-21-15-10-16-22-36/h8-22,37-46H,23-28H2,1-7H3,(H,49,50)/t37?,38-,39?,40?,41?,42-,43?,44?,45?,46?,48?/m1/s1. The molecular weight excluding hydrogens is 895 g/mol. The summed E-state index contributed by atoms with van der Waals surface area (Å²) in [5, 5.41) is 1.43. The molecule has 364 valence electrons. The number of nitrogens with one attached hydrogen (secondary N) is 1. The number of hydrogen-bond acceptors (Lipinski definition) is 18. The summed E-state index contributed by atoms with van der Waals surface area (Å²) in [6, 6.07) is 27.2. The topological polar surface area (TPSA) is 216 Å². The largest absolute Gasteiger partial charge is 0.466 e. The lowest BCUT2D eigenvalue weighted by atomic mass is 9.93. The van der Waals surface area contributed by atoms with Crippen LogP contribution in [0.1, 0.15) is 57.7 Å². The highest BCUT2D eigenvalue weighted by Crippen LogP contribution is 2.47. The van der Waals surface area contributed by atoms with Crippen molar-refractivity contribution in [3.05, 3.63) is 108 Å². The molecule has 2 saturated heterocycles. The number of ether oxygens (including phenoxy) is 11. The molecule has 0 radical (unpaired) electrons. The zero-order valence-corrected chi connectivity index (χ0v) is 39.3. The number of methoxy groups -OCH3 is 2. The Bertz CT molecular complexity index is 2080. The average Bonchev–Trinajstić information content (AvgIpc) is 3.30. The van der Waals surface area contributed by atoms with Gasteiger partial charge in [0.2, 0.25) is 10.8 Å². The molecule has 0 bridgehead atoms. The van der Waals surface area contributed by atoms with E-state index < -0.39 is 121 Å². The smallest absolute Gasteiger partial charge is 0.348 e. The van der Waals surface area contributed by atoms with Gasteiger partial charge in [0.25, 0.3) is 0 Å². The number of esters is 5. The fourth-order valence-corrected chi connectivity index (χ4v) is 9.60. The number of carbonyl (C=O) groups excluding carboxylic acids is 6. The van der Waals surface area contributed by atoms with Gasteiger partial charge < -0.3 is 57.4 Å². The normalized spacial score (nSPS) is 25.7. The minimum absolute atomic E-state index is 0.0927. The van der Waals surface area contributed by atoms with Crippen LogP contribution in [0.5, 0.6) is 0 Å². The van der Waals surface area contributed by atoms with Crippen LogP contribution in [0.2, 0.25) is 0 Å². The Hall–Kier alpha value is -5.41. The molecule has 19 heteroatoms. The molecule has 3 aromatic carbocycles. The average molecular weight is 954 g/mol. The number of thioether (sulfide) groups is 1. The van der Waals surface area contributed by atoms with Crippen molar-refractivity contribution in [1.82, 2.24) is 5.32 Å². The van der Waals surface area contributed by atoms with Crippen LogP contribution >= 0.6 is 11.8 Å². The number of carbonyl (C=O) groups is 6. The Morgan fingerprint density at radius 1 is 0.687 bits per heavy atom.